The molecule has 0 radical (unpaired) electrons. The Morgan fingerprint density at radius 2 is 2.11 bits per heavy atom. The van der Waals surface area contributed by atoms with Crippen molar-refractivity contribution >= 4 is 15.9 Å². The van der Waals surface area contributed by atoms with Crippen LogP contribution < -0.4 is 0 Å². The van der Waals surface area contributed by atoms with E-state index in [1.165, 1.54) is 10.6 Å². The summed E-state index contributed by atoms with van der Waals surface area (Å²) in [6, 6.07) is -0.509. The number of hydrogen-bond acceptors (Lipinski definition) is 4. The van der Waals surface area contributed by atoms with Gasteiger partial charge in [-0.3, -0.25) is 4.79 Å². The predicted octanol–water partition coefficient (Wildman–Crippen LogP) is 0.0478. The van der Waals surface area contributed by atoms with Gasteiger partial charge in [0, 0.05) is 19.6 Å². The van der Waals surface area contributed by atoms with Crippen LogP contribution in [0.3, 0.4) is 0 Å². The minimum Gasteiger partial charge on any atom is -0.375 e. The van der Waals surface area contributed by atoms with Gasteiger partial charge < -0.3 is 9.64 Å². The Labute approximate surface area is 114 Å². The number of amides is 1. The maximum absolute atomic E-state index is 12.5. The molecule has 0 aromatic carbocycles. The fourth-order valence-electron chi connectivity index (χ4n) is 2.76. The molecular weight excluding hydrogens is 268 g/mol. The molecule has 7 heteroatoms. The summed E-state index contributed by atoms with van der Waals surface area (Å²) < 4.78 is 30.2. The molecule has 0 aliphatic carbocycles. The van der Waals surface area contributed by atoms with Gasteiger partial charge in [-0.25, -0.2) is 8.42 Å². The fraction of sp³-hybridized carbons (Fsp3) is 0.917. The molecule has 110 valence electrons. The average Bonchev–Trinajstić information content (AvgIpc) is 2.87. The molecule has 2 aliphatic heterocycles. The van der Waals surface area contributed by atoms with E-state index >= 15 is 0 Å². The van der Waals surface area contributed by atoms with Crippen molar-refractivity contribution in [3.63, 3.8) is 0 Å². The van der Waals surface area contributed by atoms with Gasteiger partial charge in [0.15, 0.2) is 0 Å². The number of nitrogens with zero attached hydrogens (tertiary/aromatic N) is 2. The first kappa shape index (κ1) is 14.7. The van der Waals surface area contributed by atoms with Crippen LogP contribution in [0, 0.1) is 0 Å². The topological polar surface area (TPSA) is 66.9 Å². The van der Waals surface area contributed by atoms with E-state index < -0.39 is 16.1 Å². The maximum atomic E-state index is 12.5. The van der Waals surface area contributed by atoms with Crippen molar-refractivity contribution < 1.29 is 17.9 Å². The van der Waals surface area contributed by atoms with E-state index in [0.717, 1.165) is 12.8 Å². The monoisotopic (exact) mass is 290 g/mol. The third kappa shape index (κ3) is 3.27. The van der Waals surface area contributed by atoms with Crippen molar-refractivity contribution in [1.82, 2.24) is 9.21 Å². The first-order chi connectivity index (χ1) is 8.93. The molecule has 0 saturated carbocycles. The number of carbonyl (C=O) groups excluding carboxylic acids is 1. The summed E-state index contributed by atoms with van der Waals surface area (Å²) in [6.45, 7) is 4.15. The first-order valence-electron chi connectivity index (χ1n) is 6.80. The molecule has 2 atom stereocenters. The van der Waals surface area contributed by atoms with E-state index in [1.807, 2.05) is 6.92 Å². The molecule has 2 rings (SSSR count). The van der Waals surface area contributed by atoms with Crippen LogP contribution in [0.1, 0.15) is 26.2 Å². The van der Waals surface area contributed by atoms with E-state index in [2.05, 4.69) is 0 Å². The predicted molar refractivity (Wildman–Crippen MR) is 71.2 cm³/mol. The Morgan fingerprint density at radius 3 is 2.74 bits per heavy atom. The molecule has 0 unspecified atom stereocenters. The normalized spacial score (nSPS) is 29.7. The van der Waals surface area contributed by atoms with Crippen LogP contribution in [0.15, 0.2) is 0 Å². The SMILES string of the molecule is CC[C@H]1CN(C(=O)[C@@H]2CCCN2S(C)(=O)=O)CCO1. The summed E-state index contributed by atoms with van der Waals surface area (Å²) in [5.41, 5.74) is 0. The summed E-state index contributed by atoms with van der Waals surface area (Å²) in [6.07, 6.45) is 3.49. The van der Waals surface area contributed by atoms with Gasteiger partial charge >= 0.3 is 0 Å². The number of rotatable bonds is 3. The minimum absolute atomic E-state index is 0.0651. The second-order valence-corrected chi connectivity index (χ2v) is 7.15. The molecule has 0 aromatic rings. The molecule has 1 amide bonds. The molecule has 19 heavy (non-hydrogen) atoms. The lowest BCUT2D eigenvalue weighted by molar-refractivity contribution is -0.142. The number of carbonyl (C=O) groups is 1. The zero-order valence-corrected chi connectivity index (χ0v) is 12.4. The molecule has 0 N–H and O–H groups in total. The van der Waals surface area contributed by atoms with Crippen LogP contribution in [0.2, 0.25) is 0 Å². The Balaban J connectivity index is 2.06. The Bertz CT molecular complexity index is 437. The summed E-state index contributed by atoms with van der Waals surface area (Å²) >= 11 is 0. The highest BCUT2D eigenvalue weighted by Gasteiger charge is 2.39. The highest BCUT2D eigenvalue weighted by molar-refractivity contribution is 7.88. The lowest BCUT2D eigenvalue weighted by Crippen LogP contribution is -2.52. The first-order valence-corrected chi connectivity index (χ1v) is 8.65. The number of ether oxygens (including phenoxy) is 1. The summed E-state index contributed by atoms with van der Waals surface area (Å²) in [7, 11) is -3.30. The Hall–Kier alpha value is -0.660. The van der Waals surface area contributed by atoms with Gasteiger partial charge in [0.2, 0.25) is 15.9 Å². The van der Waals surface area contributed by atoms with Crippen LogP contribution in [-0.2, 0) is 19.6 Å². The van der Waals surface area contributed by atoms with Crippen LogP contribution >= 0.6 is 0 Å². The lowest BCUT2D eigenvalue weighted by atomic mass is 10.1. The summed E-state index contributed by atoms with van der Waals surface area (Å²) in [5.74, 6) is -0.0651. The second-order valence-electron chi connectivity index (χ2n) is 5.22. The van der Waals surface area contributed by atoms with Crippen LogP contribution in [0.25, 0.3) is 0 Å². The average molecular weight is 290 g/mol. The lowest BCUT2D eigenvalue weighted by Gasteiger charge is -2.35. The van der Waals surface area contributed by atoms with E-state index in [1.54, 1.807) is 4.90 Å². The van der Waals surface area contributed by atoms with Crippen molar-refractivity contribution in [2.45, 2.75) is 38.3 Å². The largest absolute Gasteiger partial charge is 0.375 e. The number of sulfonamides is 1. The molecule has 6 nitrogen and oxygen atoms in total. The van der Waals surface area contributed by atoms with Crippen LogP contribution in [-0.4, -0.2) is 68.2 Å². The van der Waals surface area contributed by atoms with Gasteiger partial charge in [-0.2, -0.15) is 4.31 Å². The van der Waals surface area contributed by atoms with Gasteiger partial charge in [-0.1, -0.05) is 6.92 Å². The molecular formula is C12H22N2O4S. The third-order valence-electron chi connectivity index (χ3n) is 3.82. The summed E-state index contributed by atoms with van der Waals surface area (Å²) in [4.78, 5) is 14.2. The standard InChI is InChI=1S/C12H22N2O4S/c1-3-10-9-13(7-8-18-10)12(15)11-5-4-6-14(11)19(2,16)17/h10-11H,3-9H2,1-2H3/t10-,11-/m0/s1. The fourth-order valence-corrected chi connectivity index (χ4v) is 3.88. The Kier molecular flexibility index (Phi) is 4.47. The summed E-state index contributed by atoms with van der Waals surface area (Å²) in [5, 5.41) is 0. The number of hydrogen-bond donors (Lipinski definition) is 0. The number of morpholine rings is 1. The van der Waals surface area contributed by atoms with Crippen molar-refractivity contribution in [2.75, 3.05) is 32.5 Å². The van der Waals surface area contributed by atoms with Crippen molar-refractivity contribution in [3.05, 3.63) is 0 Å². The molecule has 2 saturated heterocycles. The highest BCUT2D eigenvalue weighted by atomic mass is 32.2. The molecule has 0 spiro atoms. The van der Waals surface area contributed by atoms with Gasteiger partial charge in [0.05, 0.1) is 19.0 Å². The third-order valence-corrected chi connectivity index (χ3v) is 5.11. The molecule has 2 heterocycles. The molecule has 2 aliphatic rings. The van der Waals surface area contributed by atoms with Gasteiger partial charge in [0.25, 0.3) is 0 Å². The van der Waals surface area contributed by atoms with Crippen molar-refractivity contribution in [2.24, 2.45) is 0 Å². The van der Waals surface area contributed by atoms with Gasteiger partial charge in [-0.05, 0) is 19.3 Å². The molecule has 2 fully saturated rings. The van der Waals surface area contributed by atoms with Gasteiger partial charge in [-0.15, -0.1) is 0 Å². The maximum Gasteiger partial charge on any atom is 0.241 e. The highest BCUT2D eigenvalue weighted by Crippen LogP contribution is 2.23. The van der Waals surface area contributed by atoms with Crippen molar-refractivity contribution in [3.8, 4) is 0 Å². The zero-order valence-electron chi connectivity index (χ0n) is 11.5. The zero-order chi connectivity index (χ0) is 14.0. The molecule has 0 aromatic heterocycles. The van der Waals surface area contributed by atoms with Crippen LogP contribution in [0.4, 0.5) is 0 Å². The Morgan fingerprint density at radius 1 is 1.37 bits per heavy atom. The van der Waals surface area contributed by atoms with E-state index in [4.69, 9.17) is 4.74 Å². The van der Waals surface area contributed by atoms with Crippen LogP contribution in [0.5, 0.6) is 0 Å². The minimum atomic E-state index is -3.30. The second kappa shape index (κ2) is 5.76. The van der Waals surface area contributed by atoms with E-state index in [9.17, 15) is 13.2 Å². The van der Waals surface area contributed by atoms with Gasteiger partial charge in [0.1, 0.15) is 6.04 Å². The quantitative estimate of drug-likeness (QED) is 0.736. The molecule has 0 bridgehead atoms. The smallest absolute Gasteiger partial charge is 0.241 e. The van der Waals surface area contributed by atoms with Crippen molar-refractivity contribution in [1.29, 1.82) is 0 Å². The van der Waals surface area contributed by atoms with E-state index in [0.29, 0.717) is 32.7 Å². The van der Waals surface area contributed by atoms with E-state index in [-0.39, 0.29) is 12.0 Å².